The van der Waals surface area contributed by atoms with Gasteiger partial charge in [-0.15, -0.1) is 0 Å². The number of aromatic nitrogens is 4. The Labute approximate surface area is 227 Å². The van der Waals surface area contributed by atoms with Gasteiger partial charge in [0.2, 0.25) is 0 Å². The Bertz CT molecular complexity index is 1510. The number of likely N-dealkylation sites (tertiary alicyclic amines) is 1. The lowest BCUT2D eigenvalue weighted by atomic mass is 9.93. The van der Waals surface area contributed by atoms with Gasteiger partial charge in [-0.3, -0.25) is 14.8 Å². The monoisotopic (exact) mass is 526 g/mol. The molecular weight excluding hydrogens is 492 g/mol. The molecule has 9 heteroatoms. The molecule has 2 aliphatic rings. The molecule has 9 nitrogen and oxygen atoms in total. The number of H-pyrrole nitrogens is 1. The number of ether oxygens (including phenoxy) is 1. The van der Waals surface area contributed by atoms with Crippen molar-refractivity contribution in [3.63, 3.8) is 0 Å². The average Bonchev–Trinajstić information content (AvgIpc) is 3.53. The number of piperidine rings is 1. The van der Waals surface area contributed by atoms with Crippen molar-refractivity contribution < 1.29 is 14.6 Å². The van der Waals surface area contributed by atoms with E-state index in [2.05, 4.69) is 31.1 Å². The summed E-state index contributed by atoms with van der Waals surface area (Å²) < 4.78 is 8.04. The van der Waals surface area contributed by atoms with Crippen LogP contribution in [0.4, 0.5) is 5.69 Å². The second-order valence-electron chi connectivity index (χ2n) is 10.5. The maximum atomic E-state index is 13.1. The molecule has 2 saturated heterocycles. The van der Waals surface area contributed by atoms with Crippen molar-refractivity contribution in [3.8, 4) is 0 Å². The van der Waals surface area contributed by atoms with Gasteiger partial charge in [0.15, 0.2) is 0 Å². The van der Waals surface area contributed by atoms with E-state index in [0.717, 1.165) is 98.2 Å². The van der Waals surface area contributed by atoms with Crippen LogP contribution in [0, 0.1) is 5.92 Å². The van der Waals surface area contributed by atoms with E-state index in [1.54, 1.807) is 12.3 Å². The standard InChI is InChI=1S/C30H34N6O3/c37-14-3-1-2-4-21-9-12-35(13-10-21)20-29-33-27-17-22(5-8-28(27)36(29)19-25-11-15-39-25)30(38)32-24-6-7-26-23(16-24)18-31-34-26/h1-3,5-8,14,16-18,21,25,37H,4,9-13,15,19-20H2,(H,31,34)(H,32,38)/b2-1-,14-3+/t25-/m0/s1. The summed E-state index contributed by atoms with van der Waals surface area (Å²) in [6, 6.07) is 11.5. The van der Waals surface area contributed by atoms with E-state index in [1.807, 2.05) is 42.5 Å². The Morgan fingerprint density at radius 3 is 2.82 bits per heavy atom. The van der Waals surface area contributed by atoms with Gasteiger partial charge in [-0.25, -0.2) is 4.98 Å². The molecule has 1 amide bonds. The van der Waals surface area contributed by atoms with Crippen molar-refractivity contribution in [2.24, 2.45) is 5.92 Å². The van der Waals surface area contributed by atoms with E-state index >= 15 is 0 Å². The van der Waals surface area contributed by atoms with Crippen LogP contribution in [0.1, 0.15) is 41.9 Å². The fourth-order valence-corrected chi connectivity index (χ4v) is 5.48. The number of aliphatic hydroxyl groups is 1. The summed E-state index contributed by atoms with van der Waals surface area (Å²) in [7, 11) is 0. The van der Waals surface area contributed by atoms with Gasteiger partial charge in [0.25, 0.3) is 5.91 Å². The predicted molar refractivity (Wildman–Crippen MR) is 152 cm³/mol. The average molecular weight is 527 g/mol. The zero-order valence-corrected chi connectivity index (χ0v) is 21.9. The molecule has 2 aliphatic heterocycles. The highest BCUT2D eigenvalue weighted by Gasteiger charge is 2.25. The summed E-state index contributed by atoms with van der Waals surface area (Å²) in [4.78, 5) is 20.6. The zero-order valence-electron chi connectivity index (χ0n) is 21.9. The van der Waals surface area contributed by atoms with Crippen LogP contribution in [0.3, 0.4) is 0 Å². The Kier molecular flexibility index (Phi) is 7.42. The molecule has 2 aromatic carbocycles. The normalized spacial score (nSPS) is 18.9. The highest BCUT2D eigenvalue weighted by Crippen LogP contribution is 2.26. The molecule has 4 aromatic rings. The van der Waals surface area contributed by atoms with E-state index in [1.165, 1.54) is 0 Å². The number of aliphatic hydroxyl groups excluding tert-OH is 1. The number of benzene rings is 2. The van der Waals surface area contributed by atoms with Gasteiger partial charge in [0.05, 0.1) is 48.2 Å². The smallest absolute Gasteiger partial charge is 0.255 e. The van der Waals surface area contributed by atoms with Crippen LogP contribution in [0.25, 0.3) is 21.9 Å². The number of hydrogen-bond donors (Lipinski definition) is 3. The van der Waals surface area contributed by atoms with Crippen LogP contribution in [0.5, 0.6) is 0 Å². The number of hydrogen-bond acceptors (Lipinski definition) is 6. The third-order valence-electron chi connectivity index (χ3n) is 7.84. The van der Waals surface area contributed by atoms with Crippen LogP contribution in [-0.2, 0) is 17.8 Å². The van der Waals surface area contributed by atoms with E-state index in [-0.39, 0.29) is 12.0 Å². The van der Waals surface area contributed by atoms with Crippen LogP contribution in [-0.4, -0.2) is 61.5 Å². The number of nitrogens with one attached hydrogen (secondary N) is 2. The molecule has 0 bridgehead atoms. The summed E-state index contributed by atoms with van der Waals surface area (Å²) in [6.45, 7) is 4.45. The molecular formula is C30H34N6O3. The van der Waals surface area contributed by atoms with Gasteiger partial charge in [-0.1, -0.05) is 12.2 Å². The second-order valence-corrected chi connectivity index (χ2v) is 10.5. The lowest BCUT2D eigenvalue weighted by Crippen LogP contribution is -2.35. The van der Waals surface area contributed by atoms with Crippen molar-refractivity contribution in [3.05, 3.63) is 78.5 Å². The number of allylic oxidation sites excluding steroid dienone is 3. The number of aromatic amines is 1. The first kappa shape index (κ1) is 25.3. The first-order valence-corrected chi connectivity index (χ1v) is 13.7. The lowest BCUT2D eigenvalue weighted by molar-refractivity contribution is -0.0592. The molecule has 6 rings (SSSR count). The topological polar surface area (TPSA) is 108 Å². The minimum atomic E-state index is -0.163. The third-order valence-corrected chi connectivity index (χ3v) is 7.84. The summed E-state index contributed by atoms with van der Waals surface area (Å²) in [5.41, 5.74) is 4.11. The number of imidazole rings is 1. The molecule has 0 saturated carbocycles. The molecule has 0 aliphatic carbocycles. The van der Waals surface area contributed by atoms with Gasteiger partial charge in [0, 0.05) is 23.2 Å². The zero-order chi connectivity index (χ0) is 26.6. The highest BCUT2D eigenvalue weighted by molar-refractivity contribution is 6.06. The summed E-state index contributed by atoms with van der Waals surface area (Å²) >= 11 is 0. The fraction of sp³-hybridized carbons (Fsp3) is 0.367. The minimum absolute atomic E-state index is 0.163. The summed E-state index contributed by atoms with van der Waals surface area (Å²) in [6.07, 6.45) is 13.1. The van der Waals surface area contributed by atoms with E-state index < -0.39 is 0 Å². The van der Waals surface area contributed by atoms with Gasteiger partial charge < -0.3 is 19.7 Å². The first-order chi connectivity index (χ1) is 19.2. The molecule has 2 aromatic heterocycles. The molecule has 0 spiro atoms. The minimum Gasteiger partial charge on any atom is -0.516 e. The molecule has 4 heterocycles. The molecule has 1 atom stereocenters. The first-order valence-electron chi connectivity index (χ1n) is 13.7. The maximum Gasteiger partial charge on any atom is 0.255 e. The number of nitrogens with zero attached hydrogens (tertiary/aromatic N) is 4. The van der Waals surface area contributed by atoms with Crippen molar-refractivity contribution in [1.82, 2.24) is 24.6 Å². The summed E-state index contributed by atoms with van der Waals surface area (Å²) in [5, 5.41) is 19.7. The van der Waals surface area contributed by atoms with E-state index in [0.29, 0.717) is 11.5 Å². The van der Waals surface area contributed by atoms with Gasteiger partial charge in [0.1, 0.15) is 5.82 Å². The molecule has 0 radical (unpaired) electrons. The number of carbonyl (C=O) groups excluding carboxylic acids is 1. The molecule has 202 valence electrons. The Morgan fingerprint density at radius 1 is 1.15 bits per heavy atom. The highest BCUT2D eigenvalue weighted by atomic mass is 16.5. The van der Waals surface area contributed by atoms with Crippen molar-refractivity contribution >= 4 is 33.5 Å². The molecule has 2 fully saturated rings. The van der Waals surface area contributed by atoms with Crippen LogP contribution < -0.4 is 5.32 Å². The maximum absolute atomic E-state index is 13.1. The summed E-state index contributed by atoms with van der Waals surface area (Å²) in [5.74, 6) is 1.53. The molecule has 39 heavy (non-hydrogen) atoms. The SMILES string of the molecule is O=C(Nc1ccc2[nH]ncc2c1)c1ccc2c(c1)nc(CN1CCC(C/C=C\C=C\O)CC1)n2C[C@@H]1CCO1. The Morgan fingerprint density at radius 2 is 2.03 bits per heavy atom. The molecule has 3 N–H and O–H groups in total. The third kappa shape index (κ3) is 5.74. The molecule has 0 unspecified atom stereocenters. The Balaban J connectivity index is 1.17. The number of rotatable bonds is 9. The van der Waals surface area contributed by atoms with Gasteiger partial charge in [-0.2, -0.15) is 5.10 Å². The van der Waals surface area contributed by atoms with Crippen LogP contribution >= 0.6 is 0 Å². The van der Waals surface area contributed by atoms with E-state index in [4.69, 9.17) is 14.8 Å². The second kappa shape index (κ2) is 11.4. The van der Waals surface area contributed by atoms with Gasteiger partial charge in [-0.05, 0) is 87.2 Å². The van der Waals surface area contributed by atoms with Gasteiger partial charge >= 0.3 is 0 Å². The van der Waals surface area contributed by atoms with Crippen molar-refractivity contribution in [2.75, 3.05) is 25.0 Å². The van der Waals surface area contributed by atoms with Crippen molar-refractivity contribution in [2.45, 2.75) is 44.9 Å². The fourth-order valence-electron chi connectivity index (χ4n) is 5.48. The van der Waals surface area contributed by atoms with E-state index in [9.17, 15) is 4.79 Å². The Hall–Kier alpha value is -3.95. The van der Waals surface area contributed by atoms with Crippen LogP contribution in [0.15, 0.2) is 67.1 Å². The number of anilines is 1. The quantitative estimate of drug-likeness (QED) is 0.205. The lowest BCUT2D eigenvalue weighted by Gasteiger charge is -2.32. The number of amides is 1. The predicted octanol–water partition coefficient (Wildman–Crippen LogP) is 5.18. The number of fused-ring (bicyclic) bond motifs is 2. The van der Waals surface area contributed by atoms with Crippen LogP contribution in [0.2, 0.25) is 0 Å². The van der Waals surface area contributed by atoms with Crippen molar-refractivity contribution in [1.29, 1.82) is 0 Å². The number of carbonyl (C=O) groups is 1. The largest absolute Gasteiger partial charge is 0.516 e.